The average Bonchev–Trinajstić information content (AvgIpc) is 3.00. The summed E-state index contributed by atoms with van der Waals surface area (Å²) in [6.07, 6.45) is 11.1. The number of carbonyl (C=O) groups is 1. The fourth-order valence-corrected chi connectivity index (χ4v) is 7.40. The van der Waals surface area contributed by atoms with E-state index >= 15 is 0 Å². The molecule has 0 aliphatic heterocycles. The molecule has 1 heterocycles. The summed E-state index contributed by atoms with van der Waals surface area (Å²) in [5.74, 6) is 1.80. The zero-order valence-electron chi connectivity index (χ0n) is 18.9. The third-order valence-corrected chi connectivity index (χ3v) is 7.41. The lowest BCUT2D eigenvalue weighted by molar-refractivity contribution is -0.118. The van der Waals surface area contributed by atoms with Crippen LogP contribution in [0.1, 0.15) is 64.9 Å². The Labute approximate surface area is 180 Å². The van der Waals surface area contributed by atoms with Crippen LogP contribution < -0.4 is 15.8 Å². The normalized spacial score (nSPS) is 33.8. The molecule has 164 valence electrons. The predicted molar refractivity (Wildman–Crippen MR) is 122 cm³/mol. The molecule has 4 saturated carbocycles. The highest BCUT2D eigenvalue weighted by Crippen LogP contribution is 2.65. The largest absolute Gasteiger partial charge is 0.497 e. The van der Waals surface area contributed by atoms with Gasteiger partial charge in [0.05, 0.1) is 7.11 Å². The zero-order chi connectivity index (χ0) is 21.6. The van der Waals surface area contributed by atoms with Crippen molar-refractivity contribution < 1.29 is 9.53 Å². The summed E-state index contributed by atoms with van der Waals surface area (Å²) in [6.45, 7) is 7.12. The summed E-state index contributed by atoms with van der Waals surface area (Å²) in [4.78, 5) is 14.0. The molecule has 0 spiro atoms. The molecule has 5 heteroatoms. The van der Waals surface area contributed by atoms with Gasteiger partial charge in [0, 0.05) is 36.1 Å². The molecule has 4 bridgehead atoms. The lowest BCUT2D eigenvalue weighted by Crippen LogP contribution is -2.62. The zero-order valence-corrected chi connectivity index (χ0v) is 18.9. The van der Waals surface area contributed by atoms with Crippen molar-refractivity contribution in [3.05, 3.63) is 30.0 Å². The number of methoxy groups -OCH3 is 1. The van der Waals surface area contributed by atoms with Crippen LogP contribution in [-0.4, -0.2) is 30.1 Å². The Morgan fingerprint density at radius 3 is 2.47 bits per heavy atom. The van der Waals surface area contributed by atoms with E-state index in [0.717, 1.165) is 29.0 Å². The fraction of sp³-hybridized carbons (Fsp3) is 0.640. The maximum absolute atomic E-state index is 10.8. The summed E-state index contributed by atoms with van der Waals surface area (Å²) in [5, 5.41) is 3.94. The number of aromatic nitrogens is 1. The molecule has 2 aromatic rings. The maximum atomic E-state index is 10.8. The van der Waals surface area contributed by atoms with Crippen molar-refractivity contribution in [3.63, 3.8) is 0 Å². The van der Waals surface area contributed by atoms with Crippen molar-refractivity contribution in [2.45, 2.75) is 71.3 Å². The van der Waals surface area contributed by atoms with Crippen LogP contribution in [0.3, 0.4) is 0 Å². The first-order valence-corrected chi connectivity index (χ1v) is 11.3. The number of rotatable bonds is 4. The van der Waals surface area contributed by atoms with Crippen LogP contribution in [0.2, 0.25) is 0 Å². The van der Waals surface area contributed by atoms with Gasteiger partial charge in [-0.25, -0.2) is 0 Å². The summed E-state index contributed by atoms with van der Waals surface area (Å²) >= 11 is 0. The van der Waals surface area contributed by atoms with Gasteiger partial charge in [0.2, 0.25) is 5.91 Å². The monoisotopic (exact) mass is 411 g/mol. The number of fused-ring (bicyclic) bond motifs is 1. The minimum absolute atomic E-state index is 0.00224. The van der Waals surface area contributed by atoms with Crippen molar-refractivity contribution in [2.24, 2.45) is 22.5 Å². The molecule has 30 heavy (non-hydrogen) atoms. The second-order valence-electron chi connectivity index (χ2n) is 11.0. The first kappa shape index (κ1) is 21.2. The topological polar surface area (TPSA) is 80.1 Å². The smallest absolute Gasteiger partial charge is 0.216 e. The summed E-state index contributed by atoms with van der Waals surface area (Å²) in [7, 11) is 1.66. The molecule has 1 aromatic carbocycles. The Hall–Kier alpha value is -2.01. The third-order valence-electron chi connectivity index (χ3n) is 7.41. The van der Waals surface area contributed by atoms with Crippen molar-refractivity contribution in [1.29, 1.82) is 0 Å². The molecule has 6 rings (SSSR count). The first-order valence-electron chi connectivity index (χ1n) is 11.3. The van der Waals surface area contributed by atoms with Crippen molar-refractivity contribution >= 4 is 16.8 Å². The van der Waals surface area contributed by atoms with Gasteiger partial charge in [-0.3, -0.25) is 4.79 Å². The number of nitrogens with two attached hydrogens (primary N) is 1. The van der Waals surface area contributed by atoms with E-state index in [2.05, 4.69) is 24.1 Å². The van der Waals surface area contributed by atoms with E-state index in [1.54, 1.807) is 7.11 Å². The van der Waals surface area contributed by atoms with Gasteiger partial charge in [0.1, 0.15) is 5.75 Å². The van der Waals surface area contributed by atoms with Gasteiger partial charge < -0.3 is 20.8 Å². The van der Waals surface area contributed by atoms with Gasteiger partial charge >= 0.3 is 0 Å². The van der Waals surface area contributed by atoms with E-state index in [1.807, 2.05) is 24.4 Å². The third kappa shape index (κ3) is 4.36. The van der Waals surface area contributed by atoms with Gasteiger partial charge in [-0.15, -0.1) is 0 Å². The van der Waals surface area contributed by atoms with E-state index in [-0.39, 0.29) is 11.4 Å². The molecule has 1 aromatic heterocycles. The molecule has 5 nitrogen and oxygen atoms in total. The SMILES string of the molecule is COc1ccc2[nH]cc(CCNC(C)=O)c2c1.C[C@]12CC3CC(N)(C1)C[C@@](C)(C3)C2. The molecule has 4 atom stereocenters. The molecule has 1 amide bonds. The van der Waals surface area contributed by atoms with Gasteiger partial charge in [-0.05, 0) is 85.5 Å². The lowest BCUT2D eigenvalue weighted by atomic mass is 9.43. The quantitative estimate of drug-likeness (QED) is 0.690. The molecule has 4 aliphatic carbocycles. The number of carbonyl (C=O) groups excluding carboxylic acids is 1. The predicted octanol–water partition coefficient (Wildman–Crippen LogP) is 4.55. The highest BCUT2D eigenvalue weighted by Gasteiger charge is 2.58. The van der Waals surface area contributed by atoms with Gasteiger partial charge in [0.15, 0.2) is 0 Å². The average molecular weight is 412 g/mol. The second-order valence-corrected chi connectivity index (χ2v) is 11.0. The summed E-state index contributed by atoms with van der Waals surface area (Å²) < 4.78 is 5.21. The fourth-order valence-electron chi connectivity index (χ4n) is 7.40. The minimum atomic E-state index is 0.00224. The molecular formula is C25H37N3O2. The highest BCUT2D eigenvalue weighted by molar-refractivity contribution is 5.84. The van der Waals surface area contributed by atoms with Gasteiger partial charge in [0.25, 0.3) is 0 Å². The Bertz CT molecular complexity index is 883. The van der Waals surface area contributed by atoms with Crippen molar-refractivity contribution in [3.8, 4) is 5.75 Å². The number of hydrogen-bond acceptors (Lipinski definition) is 3. The minimum Gasteiger partial charge on any atom is -0.497 e. The van der Waals surface area contributed by atoms with E-state index in [1.165, 1.54) is 51.0 Å². The molecular weight excluding hydrogens is 374 g/mol. The van der Waals surface area contributed by atoms with Crippen LogP contribution in [0.4, 0.5) is 0 Å². The second kappa shape index (κ2) is 7.60. The van der Waals surface area contributed by atoms with Gasteiger partial charge in [-0.1, -0.05) is 13.8 Å². The number of hydrogen-bond donors (Lipinski definition) is 3. The van der Waals surface area contributed by atoms with Crippen LogP contribution in [0.5, 0.6) is 5.75 Å². The lowest BCUT2D eigenvalue weighted by Gasteiger charge is -2.64. The highest BCUT2D eigenvalue weighted by atomic mass is 16.5. The van der Waals surface area contributed by atoms with Gasteiger partial charge in [-0.2, -0.15) is 0 Å². The Morgan fingerprint density at radius 1 is 1.20 bits per heavy atom. The molecule has 0 saturated heterocycles. The van der Waals surface area contributed by atoms with Crippen LogP contribution in [-0.2, 0) is 11.2 Å². The molecule has 4 fully saturated rings. The van der Waals surface area contributed by atoms with Crippen LogP contribution in [0, 0.1) is 16.7 Å². The van der Waals surface area contributed by atoms with E-state index < -0.39 is 0 Å². The standard InChI is InChI=1S/C13H16N2O2.C12H21N/c1-9(16)14-6-5-10-8-15-13-4-3-11(17-2)7-12(10)13;1-10-3-9-4-11(2,6-10)8-12(13,5-9)7-10/h3-4,7-8,15H,5-6H2,1-2H3,(H,14,16);9H,3-8,13H2,1-2H3/t;9?,10-,11+,12?. The van der Waals surface area contributed by atoms with Crippen LogP contribution >= 0.6 is 0 Å². The molecule has 4 N–H and O–H groups in total. The van der Waals surface area contributed by atoms with Crippen molar-refractivity contribution in [1.82, 2.24) is 10.3 Å². The Kier molecular flexibility index (Phi) is 5.38. The number of aromatic amines is 1. The molecule has 0 radical (unpaired) electrons. The first-order chi connectivity index (χ1) is 14.1. The maximum Gasteiger partial charge on any atom is 0.216 e. The molecule has 4 aliphatic rings. The van der Waals surface area contributed by atoms with E-state index in [0.29, 0.717) is 17.4 Å². The number of ether oxygens (including phenoxy) is 1. The Balaban J connectivity index is 0.000000150. The van der Waals surface area contributed by atoms with Crippen LogP contribution in [0.25, 0.3) is 10.9 Å². The Morgan fingerprint density at radius 2 is 1.90 bits per heavy atom. The number of amides is 1. The number of benzene rings is 1. The summed E-state index contributed by atoms with van der Waals surface area (Å²) in [6, 6.07) is 5.93. The van der Waals surface area contributed by atoms with E-state index in [9.17, 15) is 4.79 Å². The molecule has 2 unspecified atom stereocenters. The van der Waals surface area contributed by atoms with E-state index in [4.69, 9.17) is 10.5 Å². The van der Waals surface area contributed by atoms with Crippen LogP contribution in [0.15, 0.2) is 24.4 Å². The number of nitrogens with one attached hydrogen (secondary N) is 2. The van der Waals surface area contributed by atoms with Crippen molar-refractivity contribution in [2.75, 3.05) is 13.7 Å². The summed E-state index contributed by atoms with van der Waals surface area (Å²) in [5.41, 5.74) is 10.2. The number of H-pyrrole nitrogens is 1.